The van der Waals surface area contributed by atoms with Crippen molar-refractivity contribution >= 4 is 21.9 Å². The lowest BCUT2D eigenvalue weighted by atomic mass is 10.1. The number of imidazole rings is 2. The molecule has 0 aliphatic heterocycles. The summed E-state index contributed by atoms with van der Waals surface area (Å²) in [6, 6.07) is 5.81. The normalized spacial score (nSPS) is 11.6. The van der Waals surface area contributed by atoms with Crippen LogP contribution in [0, 0.1) is 12.7 Å². The van der Waals surface area contributed by atoms with E-state index in [2.05, 4.69) is 30.1 Å². The molecule has 3 N–H and O–H groups in total. The summed E-state index contributed by atoms with van der Waals surface area (Å²) in [6.45, 7) is 1.93. The van der Waals surface area contributed by atoms with Crippen LogP contribution in [-0.2, 0) is 7.05 Å². The molecule has 9 nitrogen and oxygen atoms in total. The summed E-state index contributed by atoms with van der Waals surface area (Å²) in [5.41, 5.74) is 5.38. The number of fused-ring (bicyclic) bond motifs is 2. The van der Waals surface area contributed by atoms with E-state index in [0.717, 1.165) is 34.2 Å². The number of aromatic nitrogens is 8. The van der Waals surface area contributed by atoms with Crippen LogP contribution in [0.2, 0.25) is 0 Å². The lowest BCUT2D eigenvalue weighted by molar-refractivity contribution is 0.469. The van der Waals surface area contributed by atoms with Crippen molar-refractivity contribution in [3.8, 4) is 39.8 Å². The Morgan fingerprint density at radius 3 is 2.67 bits per heavy atom. The van der Waals surface area contributed by atoms with Gasteiger partial charge in [-0.05, 0) is 30.7 Å². The first-order valence-corrected chi connectivity index (χ1v) is 10.1. The molecule has 0 atom stereocenters. The lowest BCUT2D eigenvalue weighted by Gasteiger charge is -2.03. The fourth-order valence-electron chi connectivity index (χ4n) is 3.96. The smallest absolute Gasteiger partial charge is 0.159 e. The molecule has 0 saturated heterocycles. The van der Waals surface area contributed by atoms with Crippen LogP contribution in [0.4, 0.5) is 4.39 Å². The molecule has 0 saturated carbocycles. The maximum atomic E-state index is 13.9. The number of hydrogen-bond donors (Lipinski definition) is 3. The summed E-state index contributed by atoms with van der Waals surface area (Å²) in [7, 11) is 1.94. The molecule has 0 amide bonds. The third kappa shape index (κ3) is 3.03. The molecular weight excluding hydrogens is 423 g/mol. The topological polar surface area (TPSA) is 121 Å². The Balaban J connectivity index is 1.52. The second-order valence-corrected chi connectivity index (χ2v) is 7.80. The Morgan fingerprint density at radius 1 is 1.00 bits per heavy atom. The quantitative estimate of drug-likeness (QED) is 0.381. The first kappa shape index (κ1) is 19.1. The third-order valence-electron chi connectivity index (χ3n) is 5.74. The summed E-state index contributed by atoms with van der Waals surface area (Å²) in [5.74, 6) is 0.715. The number of H-pyrrole nitrogens is 2. The van der Waals surface area contributed by atoms with Crippen LogP contribution in [0.15, 0.2) is 49.1 Å². The minimum Gasteiger partial charge on any atom is -0.508 e. The van der Waals surface area contributed by atoms with Crippen molar-refractivity contribution in [3.05, 3.63) is 60.7 Å². The number of aryl methyl sites for hydroxylation is 1. The van der Waals surface area contributed by atoms with Crippen molar-refractivity contribution < 1.29 is 9.50 Å². The van der Waals surface area contributed by atoms with E-state index in [9.17, 15) is 9.50 Å². The zero-order chi connectivity index (χ0) is 22.7. The molecule has 5 heterocycles. The molecule has 1 aromatic carbocycles. The van der Waals surface area contributed by atoms with Crippen LogP contribution in [0.1, 0.15) is 5.82 Å². The molecule has 6 aromatic rings. The highest BCUT2D eigenvalue weighted by Crippen LogP contribution is 2.33. The van der Waals surface area contributed by atoms with Gasteiger partial charge in [0.1, 0.15) is 23.1 Å². The monoisotopic (exact) mass is 440 g/mol. The number of benzene rings is 1. The number of aromatic amines is 2. The van der Waals surface area contributed by atoms with E-state index in [4.69, 9.17) is 4.98 Å². The highest BCUT2D eigenvalue weighted by molar-refractivity contribution is 5.97. The average Bonchev–Trinajstić information content (AvgIpc) is 3.49. The zero-order valence-corrected chi connectivity index (χ0v) is 17.6. The molecule has 0 aliphatic rings. The van der Waals surface area contributed by atoms with Gasteiger partial charge in [0.05, 0.1) is 46.5 Å². The summed E-state index contributed by atoms with van der Waals surface area (Å²) >= 11 is 0. The van der Waals surface area contributed by atoms with Gasteiger partial charge in [0.2, 0.25) is 0 Å². The predicted octanol–water partition coefficient (Wildman–Crippen LogP) is 4.12. The number of nitrogens with one attached hydrogen (secondary N) is 2. The van der Waals surface area contributed by atoms with E-state index in [1.165, 1.54) is 12.1 Å². The standard InChI is InChI=1S/C23H17FN8O/c1-11-26-10-20(32(11)2)17-6-15-18(9-27-17)30-31-22(15)23-28-19-8-25-7-16(21(19)29-23)12-3-13(24)5-14(33)4-12/h3-10,33H,1-2H3,(H,28,29)(H,30,31). The maximum absolute atomic E-state index is 13.9. The number of aromatic hydroxyl groups is 1. The van der Waals surface area contributed by atoms with E-state index in [1.54, 1.807) is 24.8 Å². The van der Waals surface area contributed by atoms with Gasteiger partial charge in [-0.15, -0.1) is 0 Å². The maximum Gasteiger partial charge on any atom is 0.159 e. The van der Waals surface area contributed by atoms with E-state index in [1.807, 2.05) is 24.6 Å². The van der Waals surface area contributed by atoms with Gasteiger partial charge in [0.25, 0.3) is 0 Å². The van der Waals surface area contributed by atoms with Gasteiger partial charge < -0.3 is 14.7 Å². The average molecular weight is 440 g/mol. The molecular formula is C23H17FN8O. The Morgan fingerprint density at radius 2 is 1.88 bits per heavy atom. The number of hydrogen-bond acceptors (Lipinski definition) is 6. The van der Waals surface area contributed by atoms with Gasteiger partial charge in [-0.3, -0.25) is 15.1 Å². The number of phenolic OH excluding ortho intramolecular Hbond substituents is 1. The molecule has 0 bridgehead atoms. The number of nitrogens with zero attached hydrogens (tertiary/aromatic N) is 6. The lowest BCUT2D eigenvalue weighted by Crippen LogP contribution is -1.95. The second kappa shape index (κ2) is 6.95. The molecule has 33 heavy (non-hydrogen) atoms. The Hall–Kier alpha value is -4.60. The Labute approximate surface area is 186 Å². The fourth-order valence-corrected chi connectivity index (χ4v) is 3.96. The van der Waals surface area contributed by atoms with Gasteiger partial charge in [-0.1, -0.05) is 0 Å². The van der Waals surface area contributed by atoms with Crippen LogP contribution >= 0.6 is 0 Å². The predicted molar refractivity (Wildman–Crippen MR) is 121 cm³/mol. The summed E-state index contributed by atoms with van der Waals surface area (Å²) < 4.78 is 15.9. The van der Waals surface area contributed by atoms with Crippen molar-refractivity contribution in [1.82, 2.24) is 39.7 Å². The summed E-state index contributed by atoms with van der Waals surface area (Å²) in [6.07, 6.45) is 6.76. The fraction of sp³-hybridized carbons (Fsp3) is 0.0870. The zero-order valence-electron chi connectivity index (χ0n) is 17.6. The molecule has 0 unspecified atom stereocenters. The Bertz CT molecular complexity index is 1660. The largest absolute Gasteiger partial charge is 0.508 e. The number of rotatable bonds is 3. The summed E-state index contributed by atoms with van der Waals surface area (Å²) in [5, 5.41) is 18.1. The number of phenols is 1. The molecule has 10 heteroatoms. The van der Waals surface area contributed by atoms with E-state index < -0.39 is 5.82 Å². The van der Waals surface area contributed by atoms with Crippen LogP contribution in [-0.4, -0.2) is 44.8 Å². The first-order chi connectivity index (χ1) is 16.0. The summed E-state index contributed by atoms with van der Waals surface area (Å²) in [4.78, 5) is 21.1. The molecule has 162 valence electrons. The van der Waals surface area contributed by atoms with Crippen molar-refractivity contribution in [3.63, 3.8) is 0 Å². The van der Waals surface area contributed by atoms with Crippen LogP contribution in [0.3, 0.4) is 0 Å². The Kier molecular flexibility index (Phi) is 4.03. The van der Waals surface area contributed by atoms with Crippen molar-refractivity contribution in [2.45, 2.75) is 6.92 Å². The van der Waals surface area contributed by atoms with Crippen molar-refractivity contribution in [2.24, 2.45) is 7.05 Å². The van der Waals surface area contributed by atoms with Gasteiger partial charge >= 0.3 is 0 Å². The van der Waals surface area contributed by atoms with Crippen molar-refractivity contribution in [2.75, 3.05) is 0 Å². The molecule has 0 aliphatic carbocycles. The first-order valence-electron chi connectivity index (χ1n) is 10.1. The van der Waals surface area contributed by atoms with Crippen LogP contribution in [0.5, 0.6) is 5.75 Å². The minimum absolute atomic E-state index is 0.165. The van der Waals surface area contributed by atoms with Gasteiger partial charge in [-0.2, -0.15) is 5.10 Å². The van der Waals surface area contributed by atoms with Gasteiger partial charge in [-0.25, -0.2) is 14.4 Å². The van der Waals surface area contributed by atoms with E-state index >= 15 is 0 Å². The second-order valence-electron chi connectivity index (χ2n) is 7.80. The van der Waals surface area contributed by atoms with Gasteiger partial charge in [0.15, 0.2) is 5.82 Å². The highest BCUT2D eigenvalue weighted by Gasteiger charge is 2.18. The molecule has 0 fully saturated rings. The third-order valence-corrected chi connectivity index (χ3v) is 5.74. The molecule has 0 spiro atoms. The highest BCUT2D eigenvalue weighted by atomic mass is 19.1. The molecule has 6 rings (SSSR count). The minimum atomic E-state index is -0.540. The molecule has 0 radical (unpaired) electrons. The van der Waals surface area contributed by atoms with Crippen LogP contribution in [0.25, 0.3) is 56.0 Å². The number of pyridine rings is 2. The van der Waals surface area contributed by atoms with E-state index in [-0.39, 0.29) is 5.75 Å². The van der Waals surface area contributed by atoms with Gasteiger partial charge in [0, 0.05) is 30.3 Å². The van der Waals surface area contributed by atoms with E-state index in [0.29, 0.717) is 33.7 Å². The number of halogens is 1. The van der Waals surface area contributed by atoms with Crippen LogP contribution < -0.4 is 0 Å². The van der Waals surface area contributed by atoms with Crippen molar-refractivity contribution in [1.29, 1.82) is 0 Å². The SMILES string of the molecule is Cc1ncc(-c2cc3c(-c4nc5c(-c6cc(O)cc(F)c6)cncc5[nH]4)n[nH]c3cn2)n1C. The molecule has 5 aromatic heterocycles.